The average Bonchev–Trinajstić information content (AvgIpc) is 2.61. The molecule has 2 rings (SSSR count). The van der Waals surface area contributed by atoms with E-state index < -0.39 is 0 Å². The minimum absolute atomic E-state index is 0.640. The molecule has 0 aromatic heterocycles. The highest BCUT2D eigenvalue weighted by atomic mass is 35.5. The predicted molar refractivity (Wildman–Crippen MR) is 113 cm³/mol. The molecule has 7 heteroatoms. The molecule has 0 saturated carbocycles. The first-order valence-corrected chi connectivity index (χ1v) is 10.3. The summed E-state index contributed by atoms with van der Waals surface area (Å²) in [6, 6.07) is 13.4. The Morgan fingerprint density at radius 3 is 2.08 bits per heavy atom. The molecule has 0 radical (unpaired) electrons. The Morgan fingerprint density at radius 1 is 0.923 bits per heavy atom. The van der Waals surface area contributed by atoms with Gasteiger partial charge in [-0.05, 0) is 61.9 Å². The Balaban J connectivity index is 0.000000487. The molecule has 2 aromatic rings. The van der Waals surface area contributed by atoms with E-state index in [1.165, 1.54) is 0 Å². The van der Waals surface area contributed by atoms with Gasteiger partial charge in [0.2, 0.25) is 0 Å². The second-order valence-electron chi connectivity index (χ2n) is 5.20. The first-order valence-electron chi connectivity index (χ1n) is 8.20. The van der Waals surface area contributed by atoms with Crippen molar-refractivity contribution in [2.45, 2.75) is 22.6 Å². The fourth-order valence-corrected chi connectivity index (χ4v) is 3.48. The SMILES string of the molecule is COCCCCl.NCCCOc1ccc(Sc2cc(Cl)cc(Cl)c2)cc1. The van der Waals surface area contributed by atoms with Crippen molar-refractivity contribution < 1.29 is 9.47 Å². The summed E-state index contributed by atoms with van der Waals surface area (Å²) < 4.78 is 10.3. The summed E-state index contributed by atoms with van der Waals surface area (Å²) in [5, 5.41) is 1.28. The fourth-order valence-electron chi connectivity index (χ4n) is 1.80. The van der Waals surface area contributed by atoms with Gasteiger partial charge in [-0.1, -0.05) is 35.0 Å². The van der Waals surface area contributed by atoms with Crippen molar-refractivity contribution in [2.24, 2.45) is 5.73 Å². The number of halogens is 3. The largest absolute Gasteiger partial charge is 0.494 e. The predicted octanol–water partition coefficient (Wildman–Crippen LogP) is 6.13. The molecule has 0 unspecified atom stereocenters. The van der Waals surface area contributed by atoms with Gasteiger partial charge in [0, 0.05) is 39.4 Å². The molecule has 0 atom stereocenters. The van der Waals surface area contributed by atoms with Crippen LogP contribution in [-0.4, -0.2) is 32.7 Å². The van der Waals surface area contributed by atoms with Gasteiger partial charge >= 0.3 is 0 Å². The third-order valence-corrected chi connectivity index (χ3v) is 4.68. The lowest BCUT2D eigenvalue weighted by atomic mass is 10.3. The fraction of sp³-hybridized carbons (Fsp3) is 0.368. The topological polar surface area (TPSA) is 44.5 Å². The van der Waals surface area contributed by atoms with Gasteiger partial charge in [0.15, 0.2) is 0 Å². The molecule has 0 aliphatic carbocycles. The van der Waals surface area contributed by atoms with Crippen molar-refractivity contribution in [1.29, 1.82) is 0 Å². The monoisotopic (exact) mass is 435 g/mol. The van der Waals surface area contributed by atoms with Crippen LogP contribution in [-0.2, 0) is 4.74 Å². The maximum absolute atomic E-state index is 5.98. The molecule has 0 amide bonds. The average molecular weight is 437 g/mol. The molecule has 144 valence electrons. The maximum atomic E-state index is 5.98. The third-order valence-electron chi connectivity index (χ3n) is 2.99. The van der Waals surface area contributed by atoms with Crippen LogP contribution in [0.25, 0.3) is 0 Å². The van der Waals surface area contributed by atoms with Gasteiger partial charge in [-0.2, -0.15) is 0 Å². The van der Waals surface area contributed by atoms with Crippen molar-refractivity contribution in [3.8, 4) is 5.75 Å². The summed E-state index contributed by atoms with van der Waals surface area (Å²) in [6.07, 6.45) is 1.82. The molecule has 3 nitrogen and oxygen atoms in total. The van der Waals surface area contributed by atoms with Crippen LogP contribution in [0.1, 0.15) is 12.8 Å². The lowest BCUT2D eigenvalue weighted by Crippen LogP contribution is -2.05. The van der Waals surface area contributed by atoms with E-state index in [0.717, 1.165) is 35.0 Å². The molecule has 2 N–H and O–H groups in total. The van der Waals surface area contributed by atoms with Gasteiger partial charge in [-0.3, -0.25) is 0 Å². The van der Waals surface area contributed by atoms with E-state index in [1.807, 2.05) is 36.4 Å². The summed E-state index contributed by atoms with van der Waals surface area (Å²) in [6.45, 7) is 2.07. The normalized spacial score (nSPS) is 10.2. The van der Waals surface area contributed by atoms with Crippen LogP contribution in [0.4, 0.5) is 0 Å². The molecule has 0 aliphatic heterocycles. The van der Waals surface area contributed by atoms with Gasteiger partial charge in [0.1, 0.15) is 5.75 Å². The number of ether oxygens (including phenoxy) is 2. The van der Waals surface area contributed by atoms with Crippen molar-refractivity contribution >= 4 is 46.6 Å². The second kappa shape index (κ2) is 14.4. The number of hydrogen-bond donors (Lipinski definition) is 1. The van der Waals surface area contributed by atoms with E-state index in [0.29, 0.717) is 29.1 Å². The highest BCUT2D eigenvalue weighted by molar-refractivity contribution is 7.99. The van der Waals surface area contributed by atoms with Crippen LogP contribution in [0.15, 0.2) is 52.3 Å². The van der Waals surface area contributed by atoms with E-state index in [4.69, 9.17) is 50.0 Å². The van der Waals surface area contributed by atoms with Crippen LogP contribution in [0, 0.1) is 0 Å². The maximum Gasteiger partial charge on any atom is 0.119 e. The Bertz CT molecular complexity index is 602. The molecule has 2 aromatic carbocycles. The summed E-state index contributed by atoms with van der Waals surface area (Å²) in [7, 11) is 1.67. The van der Waals surface area contributed by atoms with Gasteiger partial charge in [-0.25, -0.2) is 0 Å². The number of hydrogen-bond acceptors (Lipinski definition) is 4. The van der Waals surface area contributed by atoms with Crippen LogP contribution in [0.2, 0.25) is 10.0 Å². The molecule has 26 heavy (non-hydrogen) atoms. The molecule has 0 spiro atoms. The Labute approximate surface area is 175 Å². The Morgan fingerprint density at radius 2 is 1.58 bits per heavy atom. The summed E-state index contributed by atoms with van der Waals surface area (Å²) >= 11 is 18.9. The lowest BCUT2D eigenvalue weighted by Gasteiger charge is -2.07. The highest BCUT2D eigenvalue weighted by Gasteiger charge is 2.02. The summed E-state index contributed by atoms with van der Waals surface area (Å²) in [5.74, 6) is 1.56. The second-order valence-corrected chi connectivity index (χ2v) is 7.60. The Hall–Kier alpha value is -0.620. The first kappa shape index (κ1) is 23.4. The molecule has 0 aliphatic rings. The van der Waals surface area contributed by atoms with E-state index in [1.54, 1.807) is 24.9 Å². The van der Waals surface area contributed by atoms with Crippen molar-refractivity contribution in [2.75, 3.05) is 32.7 Å². The molecule has 0 heterocycles. The zero-order valence-electron chi connectivity index (χ0n) is 14.7. The first-order chi connectivity index (χ1) is 12.6. The molecular weight excluding hydrogens is 413 g/mol. The number of benzene rings is 2. The third kappa shape index (κ3) is 10.5. The minimum Gasteiger partial charge on any atom is -0.494 e. The zero-order chi connectivity index (χ0) is 19.2. The smallest absolute Gasteiger partial charge is 0.119 e. The van der Waals surface area contributed by atoms with Gasteiger partial charge < -0.3 is 15.2 Å². The molecule has 0 saturated heterocycles. The van der Waals surface area contributed by atoms with Gasteiger partial charge in [-0.15, -0.1) is 11.6 Å². The number of methoxy groups -OCH3 is 1. The summed E-state index contributed by atoms with van der Waals surface area (Å²) in [4.78, 5) is 2.12. The van der Waals surface area contributed by atoms with Crippen molar-refractivity contribution in [3.63, 3.8) is 0 Å². The standard InChI is InChI=1S/C15H15Cl2NOS.C4H9ClO/c16-11-8-12(17)10-15(9-11)20-14-4-2-13(3-5-14)19-7-1-6-18;1-6-4-2-3-5/h2-5,8-10H,1,6-7,18H2;2-4H2,1H3. The lowest BCUT2D eigenvalue weighted by molar-refractivity contribution is 0.200. The van der Waals surface area contributed by atoms with Crippen LogP contribution in [0.5, 0.6) is 5.75 Å². The molecule has 0 bridgehead atoms. The van der Waals surface area contributed by atoms with Crippen molar-refractivity contribution in [1.82, 2.24) is 0 Å². The molecule has 0 fully saturated rings. The van der Waals surface area contributed by atoms with E-state index in [-0.39, 0.29) is 0 Å². The van der Waals surface area contributed by atoms with E-state index >= 15 is 0 Å². The van der Waals surface area contributed by atoms with E-state index in [2.05, 4.69) is 0 Å². The number of nitrogens with two attached hydrogens (primary N) is 1. The number of alkyl halides is 1. The van der Waals surface area contributed by atoms with Crippen LogP contribution >= 0.6 is 46.6 Å². The quantitative estimate of drug-likeness (QED) is 0.379. The number of rotatable bonds is 9. The highest BCUT2D eigenvalue weighted by Crippen LogP contribution is 2.32. The van der Waals surface area contributed by atoms with Crippen LogP contribution in [0.3, 0.4) is 0 Å². The minimum atomic E-state index is 0.640. The zero-order valence-corrected chi connectivity index (χ0v) is 17.8. The van der Waals surface area contributed by atoms with Gasteiger partial charge in [0.25, 0.3) is 0 Å². The Kier molecular flexibility index (Phi) is 13.0. The molecular formula is C19H24Cl3NO2S. The van der Waals surface area contributed by atoms with Crippen molar-refractivity contribution in [3.05, 3.63) is 52.5 Å². The summed E-state index contributed by atoms with van der Waals surface area (Å²) in [5.41, 5.74) is 5.42. The van der Waals surface area contributed by atoms with Gasteiger partial charge in [0.05, 0.1) is 6.61 Å². The van der Waals surface area contributed by atoms with Crippen LogP contribution < -0.4 is 10.5 Å². The van der Waals surface area contributed by atoms with E-state index in [9.17, 15) is 0 Å².